The highest BCUT2D eigenvalue weighted by atomic mass is 16.6. The van der Waals surface area contributed by atoms with Crippen molar-refractivity contribution >= 4 is 23.3 Å². The molecule has 0 aliphatic carbocycles. The molecule has 1 N–H and O–H groups in total. The third-order valence-corrected chi connectivity index (χ3v) is 6.05. The molecule has 1 aliphatic heterocycles. The summed E-state index contributed by atoms with van der Waals surface area (Å²) in [7, 11) is 0. The Kier molecular flexibility index (Phi) is 8.22. The number of anilines is 1. The number of ether oxygens (including phenoxy) is 3. The number of nitrogens with zero attached hydrogens (tertiary/aromatic N) is 1. The van der Waals surface area contributed by atoms with Gasteiger partial charge >= 0.3 is 5.97 Å². The first-order chi connectivity index (χ1) is 16.3. The van der Waals surface area contributed by atoms with Gasteiger partial charge in [-0.15, -0.1) is 0 Å². The number of nitrogens with one attached hydrogen (secondary N) is 1. The van der Waals surface area contributed by atoms with Crippen molar-refractivity contribution in [1.29, 1.82) is 0 Å². The van der Waals surface area contributed by atoms with Crippen molar-refractivity contribution in [2.75, 3.05) is 25.1 Å². The Morgan fingerprint density at radius 1 is 1.15 bits per heavy atom. The van der Waals surface area contributed by atoms with Crippen LogP contribution in [0.2, 0.25) is 0 Å². The third kappa shape index (κ3) is 5.53. The van der Waals surface area contributed by atoms with Gasteiger partial charge in [-0.2, -0.15) is 0 Å². The van der Waals surface area contributed by atoms with Gasteiger partial charge in [-0.05, 0) is 56.9 Å². The highest BCUT2D eigenvalue weighted by molar-refractivity contribution is 6.01. The second-order valence-corrected chi connectivity index (χ2v) is 8.22. The zero-order chi connectivity index (χ0) is 24.7. The number of esters is 1. The lowest BCUT2D eigenvalue weighted by Crippen LogP contribution is -2.44. The molecule has 0 unspecified atom stereocenters. The van der Waals surface area contributed by atoms with Crippen LogP contribution in [0.15, 0.2) is 42.5 Å². The predicted octanol–water partition coefficient (Wildman–Crippen LogP) is 4.64. The van der Waals surface area contributed by atoms with Crippen LogP contribution in [0.1, 0.15) is 56.0 Å². The quantitative estimate of drug-likeness (QED) is 0.322. The fourth-order valence-electron chi connectivity index (χ4n) is 3.90. The van der Waals surface area contributed by atoms with Crippen LogP contribution < -0.4 is 10.1 Å². The largest absolute Gasteiger partial charge is 0.490 e. The van der Waals surface area contributed by atoms with Gasteiger partial charge in [0.15, 0.2) is 0 Å². The van der Waals surface area contributed by atoms with E-state index in [1.54, 1.807) is 37.3 Å². The average molecular weight is 471 g/mol. The molecular formula is C25H30N2O7. The second-order valence-electron chi connectivity index (χ2n) is 8.22. The van der Waals surface area contributed by atoms with Gasteiger partial charge < -0.3 is 19.5 Å². The monoisotopic (exact) mass is 470 g/mol. The van der Waals surface area contributed by atoms with Gasteiger partial charge in [-0.1, -0.05) is 19.1 Å². The van der Waals surface area contributed by atoms with Crippen molar-refractivity contribution in [3.63, 3.8) is 0 Å². The summed E-state index contributed by atoms with van der Waals surface area (Å²) in [5.41, 5.74) is 0.390. The fourth-order valence-corrected chi connectivity index (χ4v) is 3.90. The standard InChI is InChI=1S/C25H30N2O7/c1-4-17(3)34-22-11-8-19(16-21(22)23(28)33-5-2)26-24(29)25(12-14-32-15-13-25)18-6-9-20(10-7-18)27(30)31/h6-11,16-17H,4-5,12-15H2,1-3H3,(H,26,29)/t17-/m1/s1. The molecule has 2 aromatic carbocycles. The molecule has 0 saturated carbocycles. The first-order valence-electron chi connectivity index (χ1n) is 11.4. The van der Waals surface area contributed by atoms with E-state index in [9.17, 15) is 19.7 Å². The molecule has 3 rings (SSSR count). The minimum atomic E-state index is -0.913. The Hall–Kier alpha value is -3.46. The van der Waals surface area contributed by atoms with Crippen LogP contribution in [-0.4, -0.2) is 42.7 Å². The van der Waals surface area contributed by atoms with Crippen molar-refractivity contribution in [3.8, 4) is 5.75 Å². The van der Waals surface area contributed by atoms with Crippen LogP contribution in [0, 0.1) is 10.1 Å². The molecule has 9 heteroatoms. The van der Waals surface area contributed by atoms with E-state index in [1.807, 2.05) is 13.8 Å². The highest BCUT2D eigenvalue weighted by Gasteiger charge is 2.42. The van der Waals surface area contributed by atoms with Gasteiger partial charge in [-0.3, -0.25) is 14.9 Å². The number of non-ortho nitro benzene ring substituents is 1. The van der Waals surface area contributed by atoms with Gasteiger partial charge in [0.25, 0.3) is 5.69 Å². The number of nitro groups is 1. The van der Waals surface area contributed by atoms with E-state index in [2.05, 4.69) is 5.32 Å². The summed E-state index contributed by atoms with van der Waals surface area (Å²) in [6.45, 7) is 6.60. The molecular weight excluding hydrogens is 440 g/mol. The number of nitro benzene ring substituents is 1. The maximum atomic E-state index is 13.6. The average Bonchev–Trinajstić information content (AvgIpc) is 2.85. The summed E-state index contributed by atoms with van der Waals surface area (Å²) in [6, 6.07) is 10.9. The molecule has 0 bridgehead atoms. The Bertz CT molecular complexity index is 1030. The smallest absolute Gasteiger partial charge is 0.341 e. The van der Waals surface area contributed by atoms with Crippen LogP contribution in [0.5, 0.6) is 5.75 Å². The maximum absolute atomic E-state index is 13.6. The van der Waals surface area contributed by atoms with Crippen molar-refractivity contribution in [1.82, 2.24) is 0 Å². The number of rotatable bonds is 9. The lowest BCUT2D eigenvalue weighted by molar-refractivity contribution is -0.384. The first-order valence-corrected chi connectivity index (χ1v) is 11.4. The van der Waals surface area contributed by atoms with Gasteiger partial charge in [0.2, 0.25) is 5.91 Å². The molecule has 0 radical (unpaired) electrons. The summed E-state index contributed by atoms with van der Waals surface area (Å²) >= 11 is 0. The Labute approximate surface area is 198 Å². The Morgan fingerprint density at radius 3 is 2.41 bits per heavy atom. The lowest BCUT2D eigenvalue weighted by atomic mass is 9.73. The maximum Gasteiger partial charge on any atom is 0.341 e. The molecule has 182 valence electrons. The van der Waals surface area contributed by atoms with E-state index in [4.69, 9.17) is 14.2 Å². The van der Waals surface area contributed by atoms with E-state index in [1.165, 1.54) is 12.1 Å². The van der Waals surface area contributed by atoms with Crippen LogP contribution in [-0.2, 0) is 19.7 Å². The summed E-state index contributed by atoms with van der Waals surface area (Å²) < 4.78 is 16.5. The van der Waals surface area contributed by atoms with Gasteiger partial charge in [0, 0.05) is 31.0 Å². The van der Waals surface area contributed by atoms with Crippen molar-refractivity contribution in [2.45, 2.75) is 51.6 Å². The van der Waals surface area contributed by atoms with Gasteiger partial charge in [0.05, 0.1) is 23.0 Å². The van der Waals surface area contributed by atoms with E-state index >= 15 is 0 Å². The van der Waals surface area contributed by atoms with E-state index in [-0.39, 0.29) is 29.9 Å². The number of carbonyl (C=O) groups excluding carboxylic acids is 2. The zero-order valence-corrected chi connectivity index (χ0v) is 19.7. The molecule has 1 aliphatic rings. The van der Waals surface area contributed by atoms with Gasteiger partial charge in [-0.25, -0.2) is 4.79 Å². The topological polar surface area (TPSA) is 117 Å². The number of benzene rings is 2. The molecule has 1 amide bonds. The van der Waals surface area contributed by atoms with Crippen LogP contribution >= 0.6 is 0 Å². The first kappa shape index (κ1) is 25.2. The fraction of sp³-hybridized carbons (Fsp3) is 0.440. The summed E-state index contributed by atoms with van der Waals surface area (Å²) in [4.78, 5) is 36.7. The normalized spacial score (nSPS) is 15.7. The van der Waals surface area contributed by atoms with Crippen LogP contribution in [0.4, 0.5) is 11.4 Å². The predicted molar refractivity (Wildman–Crippen MR) is 126 cm³/mol. The molecule has 9 nitrogen and oxygen atoms in total. The minimum absolute atomic E-state index is 0.0395. The Balaban J connectivity index is 1.92. The van der Waals surface area contributed by atoms with E-state index in [0.717, 1.165) is 6.42 Å². The van der Waals surface area contributed by atoms with Crippen molar-refractivity contribution in [2.24, 2.45) is 0 Å². The Morgan fingerprint density at radius 2 is 1.82 bits per heavy atom. The van der Waals surface area contributed by atoms with Gasteiger partial charge in [0.1, 0.15) is 11.3 Å². The summed E-state index contributed by atoms with van der Waals surface area (Å²) in [5.74, 6) is -0.412. The van der Waals surface area contributed by atoms with E-state index < -0.39 is 16.3 Å². The van der Waals surface area contributed by atoms with E-state index in [0.29, 0.717) is 43.1 Å². The highest BCUT2D eigenvalue weighted by Crippen LogP contribution is 2.37. The molecule has 0 aromatic heterocycles. The molecule has 1 atom stereocenters. The molecule has 1 saturated heterocycles. The lowest BCUT2D eigenvalue weighted by Gasteiger charge is -2.36. The summed E-state index contributed by atoms with van der Waals surface area (Å²) in [6.07, 6.45) is 1.52. The summed E-state index contributed by atoms with van der Waals surface area (Å²) in [5, 5.41) is 14.0. The molecule has 1 heterocycles. The van der Waals surface area contributed by atoms with Crippen molar-refractivity contribution < 1.29 is 28.7 Å². The minimum Gasteiger partial charge on any atom is -0.490 e. The number of hydrogen-bond acceptors (Lipinski definition) is 7. The number of hydrogen-bond donors (Lipinski definition) is 1. The van der Waals surface area contributed by atoms with Crippen molar-refractivity contribution in [3.05, 3.63) is 63.7 Å². The molecule has 0 spiro atoms. The molecule has 2 aromatic rings. The van der Waals surface area contributed by atoms with Crippen LogP contribution in [0.25, 0.3) is 0 Å². The van der Waals surface area contributed by atoms with Crippen LogP contribution in [0.3, 0.4) is 0 Å². The molecule has 1 fully saturated rings. The second kappa shape index (κ2) is 11.1. The molecule has 34 heavy (non-hydrogen) atoms. The SMILES string of the molecule is CCOC(=O)c1cc(NC(=O)C2(c3ccc([N+](=O)[O-])cc3)CCOCC2)ccc1O[C@H](C)CC. The number of amides is 1. The number of carbonyl (C=O) groups is 2. The zero-order valence-electron chi connectivity index (χ0n) is 19.7. The third-order valence-electron chi connectivity index (χ3n) is 6.05.